The van der Waals surface area contributed by atoms with Gasteiger partial charge in [0.2, 0.25) is 5.91 Å². The summed E-state index contributed by atoms with van der Waals surface area (Å²) in [5.41, 5.74) is 5.57. The number of halogens is 1. The summed E-state index contributed by atoms with van der Waals surface area (Å²) < 4.78 is 19.0. The number of amides is 1. The first kappa shape index (κ1) is 14.8. The topological polar surface area (TPSA) is 64.3 Å². The van der Waals surface area contributed by atoms with Crippen molar-refractivity contribution in [3.05, 3.63) is 29.6 Å². The molecule has 5 heteroatoms. The molecule has 0 spiro atoms. The molecule has 0 heterocycles. The molecule has 0 radical (unpaired) electrons. The molecule has 0 aliphatic heterocycles. The molecule has 1 aliphatic carbocycles. The molecule has 1 unspecified atom stereocenters. The Morgan fingerprint density at radius 3 is 2.85 bits per heavy atom. The van der Waals surface area contributed by atoms with Gasteiger partial charge in [-0.3, -0.25) is 4.79 Å². The summed E-state index contributed by atoms with van der Waals surface area (Å²) in [6.07, 6.45) is 2.54. The number of primary amides is 1. The van der Waals surface area contributed by atoms with Crippen molar-refractivity contribution in [3.63, 3.8) is 0 Å². The maximum absolute atomic E-state index is 13.5. The van der Waals surface area contributed by atoms with Gasteiger partial charge in [-0.15, -0.1) is 0 Å². The zero-order chi connectivity index (χ0) is 14.8. The zero-order valence-corrected chi connectivity index (χ0v) is 11.9. The van der Waals surface area contributed by atoms with Crippen LogP contribution in [-0.2, 0) is 4.79 Å². The first-order valence-electron chi connectivity index (χ1n) is 6.87. The van der Waals surface area contributed by atoms with Gasteiger partial charge in [-0.25, -0.2) is 4.39 Å². The monoisotopic (exact) mass is 280 g/mol. The molecule has 20 heavy (non-hydrogen) atoms. The molecule has 1 aromatic carbocycles. The molecule has 1 atom stereocenters. The Hall–Kier alpha value is -1.62. The number of benzene rings is 1. The molecule has 1 aliphatic rings. The third-order valence-corrected chi connectivity index (χ3v) is 3.59. The van der Waals surface area contributed by atoms with Crippen molar-refractivity contribution < 1.29 is 13.9 Å². The van der Waals surface area contributed by atoms with Crippen LogP contribution in [0.2, 0.25) is 0 Å². The first-order valence-corrected chi connectivity index (χ1v) is 6.87. The third-order valence-electron chi connectivity index (χ3n) is 3.59. The number of hydrogen-bond acceptors (Lipinski definition) is 3. The number of ether oxygens (including phenoxy) is 1. The van der Waals surface area contributed by atoms with Gasteiger partial charge < -0.3 is 15.8 Å². The van der Waals surface area contributed by atoms with Crippen LogP contribution in [0.25, 0.3) is 0 Å². The average Bonchev–Trinajstić information content (AvgIpc) is 3.17. The third kappa shape index (κ3) is 3.70. The van der Waals surface area contributed by atoms with Crippen LogP contribution in [0.4, 0.5) is 4.39 Å². The molecule has 4 nitrogen and oxygen atoms in total. The van der Waals surface area contributed by atoms with Crippen LogP contribution in [0.3, 0.4) is 0 Å². The minimum Gasteiger partial charge on any atom is -0.490 e. The second-order valence-corrected chi connectivity index (χ2v) is 5.65. The summed E-state index contributed by atoms with van der Waals surface area (Å²) in [6.45, 7) is 3.87. The van der Waals surface area contributed by atoms with Crippen LogP contribution >= 0.6 is 0 Å². The van der Waals surface area contributed by atoms with Crippen LogP contribution in [0.5, 0.6) is 5.75 Å². The standard InChI is InChI=1S/C15H21FN2O2/c1-10-3-6-12(16)13(9-10)20-8-7-15(2,14(17)19)18-11-4-5-11/h3,6,9,11,18H,4-5,7-8H2,1-2H3,(H2,17,19). The van der Waals surface area contributed by atoms with E-state index in [1.807, 2.05) is 6.92 Å². The lowest BCUT2D eigenvalue weighted by molar-refractivity contribution is -0.124. The second-order valence-electron chi connectivity index (χ2n) is 5.65. The molecule has 0 bridgehead atoms. The predicted molar refractivity (Wildman–Crippen MR) is 75.0 cm³/mol. The lowest BCUT2D eigenvalue weighted by Crippen LogP contribution is -2.54. The fourth-order valence-electron chi connectivity index (χ4n) is 2.03. The van der Waals surface area contributed by atoms with E-state index in [0.717, 1.165) is 18.4 Å². The number of hydrogen-bond donors (Lipinski definition) is 2. The van der Waals surface area contributed by atoms with Crippen molar-refractivity contribution in [2.75, 3.05) is 6.61 Å². The zero-order valence-electron chi connectivity index (χ0n) is 11.9. The quantitative estimate of drug-likeness (QED) is 0.801. The highest BCUT2D eigenvalue weighted by Gasteiger charge is 2.36. The number of nitrogens with one attached hydrogen (secondary N) is 1. The van der Waals surface area contributed by atoms with Crippen LogP contribution in [0.15, 0.2) is 18.2 Å². The Morgan fingerprint density at radius 1 is 1.55 bits per heavy atom. The van der Waals surface area contributed by atoms with E-state index in [2.05, 4.69) is 5.32 Å². The van der Waals surface area contributed by atoms with Gasteiger partial charge in [-0.05, 0) is 44.4 Å². The molecule has 0 saturated heterocycles. The smallest absolute Gasteiger partial charge is 0.237 e. The summed E-state index contributed by atoms with van der Waals surface area (Å²) in [7, 11) is 0. The van der Waals surface area contributed by atoms with Crippen LogP contribution in [0.1, 0.15) is 31.7 Å². The summed E-state index contributed by atoms with van der Waals surface area (Å²) >= 11 is 0. The summed E-state index contributed by atoms with van der Waals surface area (Å²) in [6, 6.07) is 5.07. The van der Waals surface area contributed by atoms with Crippen molar-refractivity contribution in [2.24, 2.45) is 5.73 Å². The predicted octanol–water partition coefficient (Wildman–Crippen LogP) is 1.90. The Morgan fingerprint density at radius 2 is 2.25 bits per heavy atom. The molecule has 3 N–H and O–H groups in total. The summed E-state index contributed by atoms with van der Waals surface area (Å²) in [5.74, 6) is -0.590. The minimum absolute atomic E-state index is 0.211. The molecule has 1 fully saturated rings. The molecule has 2 rings (SSSR count). The van der Waals surface area contributed by atoms with Gasteiger partial charge >= 0.3 is 0 Å². The van der Waals surface area contributed by atoms with Crippen molar-refractivity contribution in [1.82, 2.24) is 5.32 Å². The molecule has 0 aromatic heterocycles. The van der Waals surface area contributed by atoms with Gasteiger partial charge in [0.1, 0.15) is 0 Å². The lowest BCUT2D eigenvalue weighted by atomic mass is 9.97. The summed E-state index contributed by atoms with van der Waals surface area (Å²) in [5, 5.41) is 3.23. The lowest BCUT2D eigenvalue weighted by Gasteiger charge is -2.27. The van der Waals surface area contributed by atoms with E-state index < -0.39 is 17.3 Å². The van der Waals surface area contributed by atoms with Crippen molar-refractivity contribution in [1.29, 1.82) is 0 Å². The molecule has 1 aromatic rings. The number of carbonyl (C=O) groups excluding carboxylic acids is 1. The maximum Gasteiger partial charge on any atom is 0.237 e. The number of carbonyl (C=O) groups is 1. The van der Waals surface area contributed by atoms with Gasteiger partial charge in [0.05, 0.1) is 12.1 Å². The Kier molecular flexibility index (Phi) is 4.28. The van der Waals surface area contributed by atoms with Crippen LogP contribution in [-0.4, -0.2) is 24.1 Å². The van der Waals surface area contributed by atoms with E-state index in [1.165, 1.54) is 6.07 Å². The largest absolute Gasteiger partial charge is 0.490 e. The van der Waals surface area contributed by atoms with Gasteiger partial charge in [0, 0.05) is 12.5 Å². The van der Waals surface area contributed by atoms with Crippen molar-refractivity contribution in [3.8, 4) is 5.75 Å². The number of aryl methyl sites for hydroxylation is 1. The van der Waals surface area contributed by atoms with Gasteiger partial charge in [0.25, 0.3) is 0 Å². The SMILES string of the molecule is Cc1ccc(F)c(OCCC(C)(NC2CC2)C(N)=O)c1. The van der Waals surface area contributed by atoms with E-state index in [9.17, 15) is 9.18 Å². The fourth-order valence-corrected chi connectivity index (χ4v) is 2.03. The number of rotatable bonds is 7. The van der Waals surface area contributed by atoms with Gasteiger partial charge in [-0.2, -0.15) is 0 Å². The van der Waals surface area contributed by atoms with E-state index in [0.29, 0.717) is 12.5 Å². The number of nitrogens with two attached hydrogens (primary N) is 1. The summed E-state index contributed by atoms with van der Waals surface area (Å²) in [4.78, 5) is 11.6. The normalized spacial score (nSPS) is 17.6. The van der Waals surface area contributed by atoms with Gasteiger partial charge in [-0.1, -0.05) is 6.07 Å². The van der Waals surface area contributed by atoms with Crippen molar-refractivity contribution in [2.45, 2.75) is 44.7 Å². The van der Waals surface area contributed by atoms with Gasteiger partial charge in [0.15, 0.2) is 11.6 Å². The van der Waals surface area contributed by atoms with Crippen LogP contribution < -0.4 is 15.8 Å². The molecular formula is C15H21FN2O2. The molecule has 1 amide bonds. The molecule has 110 valence electrons. The Balaban J connectivity index is 1.92. The second kappa shape index (κ2) is 5.79. The van der Waals surface area contributed by atoms with E-state index in [-0.39, 0.29) is 12.4 Å². The average molecular weight is 280 g/mol. The highest BCUT2D eigenvalue weighted by atomic mass is 19.1. The Labute approximate surface area is 118 Å². The molecule has 1 saturated carbocycles. The fraction of sp³-hybridized carbons (Fsp3) is 0.533. The minimum atomic E-state index is -0.804. The highest BCUT2D eigenvalue weighted by molar-refractivity contribution is 5.84. The highest BCUT2D eigenvalue weighted by Crippen LogP contribution is 2.25. The van der Waals surface area contributed by atoms with Crippen LogP contribution in [0, 0.1) is 12.7 Å². The Bertz CT molecular complexity index is 503. The van der Waals surface area contributed by atoms with E-state index in [4.69, 9.17) is 10.5 Å². The first-order chi connectivity index (χ1) is 9.40. The maximum atomic E-state index is 13.5. The molecular weight excluding hydrogens is 259 g/mol. The van der Waals surface area contributed by atoms with Crippen molar-refractivity contribution >= 4 is 5.91 Å². The van der Waals surface area contributed by atoms with E-state index >= 15 is 0 Å². The van der Waals surface area contributed by atoms with E-state index in [1.54, 1.807) is 19.1 Å².